The number of Topliss-reactive ketones (excluding diaryl/α,β-unsaturated/α-hetero) is 1. The van der Waals surface area contributed by atoms with Gasteiger partial charge in [0.05, 0.1) is 7.11 Å². The molecule has 1 fully saturated rings. The lowest BCUT2D eigenvalue weighted by Crippen LogP contribution is -2.35. The fraction of sp³-hybridized carbons (Fsp3) is 0.423. The maximum absolute atomic E-state index is 13.0. The van der Waals surface area contributed by atoms with E-state index in [9.17, 15) is 4.79 Å². The van der Waals surface area contributed by atoms with Gasteiger partial charge < -0.3 is 14.2 Å². The number of methoxy groups -OCH3 is 1. The highest BCUT2D eigenvalue weighted by molar-refractivity contribution is 6.08. The average molecular weight is 405 g/mol. The van der Waals surface area contributed by atoms with Gasteiger partial charge >= 0.3 is 0 Å². The quantitative estimate of drug-likeness (QED) is 0.490. The fourth-order valence-corrected chi connectivity index (χ4v) is 4.62. The van der Waals surface area contributed by atoms with Crippen LogP contribution in [0.2, 0.25) is 0 Å². The van der Waals surface area contributed by atoms with Crippen molar-refractivity contribution in [1.29, 1.82) is 0 Å². The number of carbonyl (C=O) groups excluding carboxylic acids is 1. The molecule has 1 aliphatic rings. The molecule has 1 aliphatic heterocycles. The zero-order chi connectivity index (χ0) is 20.9. The third-order valence-corrected chi connectivity index (χ3v) is 6.54. The lowest BCUT2D eigenvalue weighted by Gasteiger charge is -2.31. The molecule has 0 aliphatic carbocycles. The van der Waals surface area contributed by atoms with E-state index >= 15 is 0 Å². The number of likely N-dealkylation sites (tertiary alicyclic amines) is 1. The molecule has 0 saturated carbocycles. The summed E-state index contributed by atoms with van der Waals surface area (Å²) in [7, 11) is 3.66. The highest BCUT2D eigenvalue weighted by atomic mass is 16.5. The summed E-state index contributed by atoms with van der Waals surface area (Å²) in [4.78, 5) is 15.5. The molecule has 1 aromatic heterocycles. The normalized spacial score (nSPS) is 15.5. The Morgan fingerprint density at radius 2 is 1.87 bits per heavy atom. The van der Waals surface area contributed by atoms with Crippen molar-refractivity contribution in [3.63, 3.8) is 0 Å². The average Bonchev–Trinajstić information content (AvgIpc) is 3.13. The van der Waals surface area contributed by atoms with E-state index in [0.717, 1.165) is 54.7 Å². The van der Waals surface area contributed by atoms with Crippen molar-refractivity contribution in [1.82, 2.24) is 9.47 Å². The molecule has 0 N–H and O–H groups in total. The van der Waals surface area contributed by atoms with Crippen LogP contribution in [0.1, 0.15) is 41.6 Å². The van der Waals surface area contributed by atoms with E-state index in [4.69, 9.17) is 4.74 Å². The van der Waals surface area contributed by atoms with Crippen LogP contribution in [0.25, 0.3) is 10.9 Å². The first-order valence-corrected chi connectivity index (χ1v) is 11.1. The third kappa shape index (κ3) is 4.76. The predicted octanol–water partition coefficient (Wildman–Crippen LogP) is 5.10. The van der Waals surface area contributed by atoms with Gasteiger partial charge in [0, 0.05) is 42.7 Å². The van der Waals surface area contributed by atoms with Crippen molar-refractivity contribution >= 4 is 16.7 Å². The molecule has 0 spiro atoms. The monoisotopic (exact) mass is 404 g/mol. The van der Waals surface area contributed by atoms with Gasteiger partial charge in [-0.05, 0) is 68.5 Å². The number of hydrogen-bond acceptors (Lipinski definition) is 3. The molecule has 0 unspecified atom stereocenters. The topological polar surface area (TPSA) is 34.5 Å². The van der Waals surface area contributed by atoms with Crippen molar-refractivity contribution in [2.75, 3.05) is 26.7 Å². The standard InChI is InChI=1S/C26H32N2O2/c1-27-19-24(23-18-22(30-2)9-10-25(23)27)26(29)11-8-21-13-16-28(17-14-21)15-12-20-6-4-3-5-7-20/h3-7,9-10,18-19,21H,8,11-17H2,1-2H3. The predicted molar refractivity (Wildman–Crippen MR) is 122 cm³/mol. The van der Waals surface area contributed by atoms with E-state index in [1.54, 1.807) is 7.11 Å². The fourth-order valence-electron chi connectivity index (χ4n) is 4.62. The highest BCUT2D eigenvalue weighted by Crippen LogP contribution is 2.28. The third-order valence-electron chi connectivity index (χ3n) is 6.54. The molecule has 0 amide bonds. The van der Waals surface area contributed by atoms with Crippen molar-refractivity contribution in [3.05, 3.63) is 65.9 Å². The Hall–Kier alpha value is -2.59. The summed E-state index contributed by atoms with van der Waals surface area (Å²) in [6, 6.07) is 16.7. The maximum Gasteiger partial charge on any atom is 0.165 e. The molecule has 2 heterocycles. The molecule has 3 aromatic rings. The van der Waals surface area contributed by atoms with E-state index in [-0.39, 0.29) is 5.78 Å². The van der Waals surface area contributed by atoms with Crippen molar-refractivity contribution in [2.45, 2.75) is 32.1 Å². The molecular formula is C26H32N2O2. The second kappa shape index (κ2) is 9.48. The minimum absolute atomic E-state index is 0.250. The molecule has 0 atom stereocenters. The summed E-state index contributed by atoms with van der Waals surface area (Å²) >= 11 is 0. The number of hydrogen-bond donors (Lipinski definition) is 0. The lowest BCUT2D eigenvalue weighted by molar-refractivity contribution is 0.0964. The van der Waals surface area contributed by atoms with E-state index < -0.39 is 0 Å². The summed E-state index contributed by atoms with van der Waals surface area (Å²) in [5, 5.41) is 0.998. The number of aromatic nitrogens is 1. The van der Waals surface area contributed by atoms with Crippen LogP contribution in [-0.2, 0) is 13.5 Å². The number of piperidine rings is 1. The van der Waals surface area contributed by atoms with Crippen molar-refractivity contribution in [3.8, 4) is 5.75 Å². The van der Waals surface area contributed by atoms with Crippen LogP contribution in [0, 0.1) is 5.92 Å². The number of rotatable bonds is 8. The number of aryl methyl sites for hydroxylation is 1. The van der Waals surface area contributed by atoms with E-state index in [1.807, 2.05) is 36.0 Å². The van der Waals surface area contributed by atoms with Crippen LogP contribution >= 0.6 is 0 Å². The van der Waals surface area contributed by atoms with Crippen LogP contribution in [-0.4, -0.2) is 42.0 Å². The Morgan fingerprint density at radius 1 is 1.10 bits per heavy atom. The van der Waals surface area contributed by atoms with Gasteiger partial charge in [-0.3, -0.25) is 4.79 Å². The molecule has 4 nitrogen and oxygen atoms in total. The summed E-state index contributed by atoms with van der Waals surface area (Å²) in [5.74, 6) is 1.71. The number of benzene rings is 2. The number of nitrogens with zero attached hydrogens (tertiary/aromatic N) is 2. The van der Waals surface area contributed by atoms with Crippen LogP contribution < -0.4 is 4.74 Å². The lowest BCUT2D eigenvalue weighted by atomic mass is 9.90. The van der Waals surface area contributed by atoms with Gasteiger partial charge in [0.1, 0.15) is 5.75 Å². The van der Waals surface area contributed by atoms with Gasteiger partial charge in [-0.15, -0.1) is 0 Å². The minimum Gasteiger partial charge on any atom is -0.497 e. The van der Waals surface area contributed by atoms with Gasteiger partial charge in [0.15, 0.2) is 5.78 Å². The molecule has 4 rings (SSSR count). The Balaban J connectivity index is 1.27. The van der Waals surface area contributed by atoms with E-state index in [1.165, 1.54) is 18.4 Å². The minimum atomic E-state index is 0.250. The first-order valence-electron chi connectivity index (χ1n) is 11.1. The first-order chi connectivity index (χ1) is 14.6. The van der Waals surface area contributed by atoms with Crippen molar-refractivity contribution in [2.24, 2.45) is 13.0 Å². The van der Waals surface area contributed by atoms with Gasteiger partial charge in [0.2, 0.25) is 0 Å². The molecule has 1 saturated heterocycles. The van der Waals surface area contributed by atoms with Crippen LogP contribution in [0.5, 0.6) is 5.75 Å². The Bertz CT molecular complexity index is 985. The van der Waals surface area contributed by atoms with E-state index in [2.05, 4.69) is 35.2 Å². The summed E-state index contributed by atoms with van der Waals surface area (Å²) in [6.07, 6.45) is 7.11. The summed E-state index contributed by atoms with van der Waals surface area (Å²) < 4.78 is 7.39. The molecule has 0 radical (unpaired) electrons. The van der Waals surface area contributed by atoms with E-state index in [0.29, 0.717) is 12.3 Å². The summed E-state index contributed by atoms with van der Waals surface area (Å²) in [6.45, 7) is 3.43. The van der Waals surface area contributed by atoms with Crippen LogP contribution in [0.3, 0.4) is 0 Å². The molecule has 4 heteroatoms. The Kier molecular flexibility index (Phi) is 6.53. The molecule has 2 aromatic carbocycles. The van der Waals surface area contributed by atoms with Gasteiger partial charge in [-0.25, -0.2) is 0 Å². The zero-order valence-corrected chi connectivity index (χ0v) is 18.1. The number of fused-ring (bicyclic) bond motifs is 1. The number of carbonyl (C=O) groups is 1. The van der Waals surface area contributed by atoms with Crippen LogP contribution in [0.4, 0.5) is 0 Å². The zero-order valence-electron chi connectivity index (χ0n) is 18.1. The Morgan fingerprint density at radius 3 is 2.60 bits per heavy atom. The number of ketones is 1. The van der Waals surface area contributed by atoms with Gasteiger partial charge in [-0.2, -0.15) is 0 Å². The molecule has 30 heavy (non-hydrogen) atoms. The second-order valence-electron chi connectivity index (χ2n) is 8.52. The second-order valence-corrected chi connectivity index (χ2v) is 8.52. The SMILES string of the molecule is COc1ccc2c(c1)c(C(=O)CCC1CCN(CCc3ccccc3)CC1)cn2C. The largest absolute Gasteiger partial charge is 0.497 e. The smallest absolute Gasteiger partial charge is 0.165 e. The van der Waals surface area contributed by atoms with Crippen LogP contribution in [0.15, 0.2) is 54.7 Å². The molecular weight excluding hydrogens is 372 g/mol. The number of ether oxygens (including phenoxy) is 1. The van der Waals surface area contributed by atoms with Gasteiger partial charge in [-0.1, -0.05) is 30.3 Å². The molecule has 158 valence electrons. The highest BCUT2D eigenvalue weighted by Gasteiger charge is 2.21. The maximum atomic E-state index is 13.0. The van der Waals surface area contributed by atoms with Crippen molar-refractivity contribution < 1.29 is 9.53 Å². The first kappa shape index (κ1) is 20.7. The Labute approximate surface area is 179 Å². The molecule has 0 bridgehead atoms. The summed E-state index contributed by atoms with van der Waals surface area (Å²) in [5.41, 5.74) is 3.31. The van der Waals surface area contributed by atoms with Gasteiger partial charge in [0.25, 0.3) is 0 Å².